The van der Waals surface area contributed by atoms with Crippen LogP contribution >= 0.6 is 11.3 Å². The summed E-state index contributed by atoms with van der Waals surface area (Å²) >= 11 is 1.44. The number of hydrogen-bond acceptors (Lipinski definition) is 5. The quantitative estimate of drug-likeness (QED) is 0.370. The van der Waals surface area contributed by atoms with E-state index in [-0.39, 0.29) is 13.1 Å². The molecule has 6 nitrogen and oxygen atoms in total. The van der Waals surface area contributed by atoms with Crippen LogP contribution in [0.2, 0.25) is 0 Å². The number of amides is 2. The first-order valence-corrected chi connectivity index (χ1v) is 14.2. The van der Waals surface area contributed by atoms with Gasteiger partial charge < -0.3 is 9.84 Å². The molecule has 0 saturated carbocycles. The number of fused-ring (bicyclic) bond motifs is 1. The molecule has 0 bridgehead atoms. The number of urea groups is 1. The number of rotatable bonds is 6. The summed E-state index contributed by atoms with van der Waals surface area (Å²) < 4.78 is 5.43. The molecule has 0 radical (unpaired) electrons. The molecule has 1 unspecified atom stereocenters. The molecule has 1 atom stereocenters. The normalized spacial score (nSPS) is 13.1. The van der Waals surface area contributed by atoms with E-state index in [0.29, 0.717) is 16.3 Å². The molecule has 0 saturated heterocycles. The van der Waals surface area contributed by atoms with E-state index in [1.807, 2.05) is 85.7 Å². The number of carbonyl (C=O) groups is 2. The first-order valence-electron chi connectivity index (χ1n) is 13.4. The first kappa shape index (κ1) is 35.1. The monoisotopic (exact) mass is 544 g/mol. The lowest BCUT2D eigenvalue weighted by Gasteiger charge is -2.37. The summed E-state index contributed by atoms with van der Waals surface area (Å²) in [6, 6.07) is 8.76. The van der Waals surface area contributed by atoms with Gasteiger partial charge in [-0.15, -0.1) is 11.3 Å². The number of aliphatic hydroxyl groups excluding tert-OH is 1. The van der Waals surface area contributed by atoms with E-state index in [2.05, 4.69) is 13.2 Å². The number of nitrogens with zero attached hydrogens (tertiary/aromatic N) is 2. The summed E-state index contributed by atoms with van der Waals surface area (Å²) in [5.41, 5.74) is 3.10. The fourth-order valence-corrected chi connectivity index (χ4v) is 4.96. The SMILES string of the molecule is C=C(C)c1sc2c(c1C)C(=C)N(CC(=O)OC(C)(C)C)C(=O)N2CC(O)c1ccccc1.CC.CC.CC. The van der Waals surface area contributed by atoms with E-state index >= 15 is 0 Å². The van der Waals surface area contributed by atoms with Crippen LogP contribution in [-0.2, 0) is 9.53 Å². The molecule has 1 aromatic heterocycles. The van der Waals surface area contributed by atoms with Gasteiger partial charge in [-0.05, 0) is 51.3 Å². The maximum Gasteiger partial charge on any atom is 0.330 e. The molecular formula is C31H48N2O4S. The second kappa shape index (κ2) is 16.1. The van der Waals surface area contributed by atoms with Crippen molar-refractivity contribution in [3.8, 4) is 0 Å². The third-order valence-corrected chi connectivity index (χ3v) is 6.56. The summed E-state index contributed by atoms with van der Waals surface area (Å²) in [6.45, 7) is 29.2. The minimum atomic E-state index is -0.890. The fraction of sp³-hybridized carbons (Fsp3) is 0.484. The fourth-order valence-electron chi connectivity index (χ4n) is 3.70. The van der Waals surface area contributed by atoms with Crippen LogP contribution in [0.15, 0.2) is 43.5 Å². The highest BCUT2D eigenvalue weighted by molar-refractivity contribution is 7.18. The number of benzene rings is 1. The molecule has 3 rings (SSSR count). The van der Waals surface area contributed by atoms with E-state index in [1.54, 1.807) is 20.8 Å². The molecule has 7 heteroatoms. The van der Waals surface area contributed by atoms with Crippen molar-refractivity contribution in [1.82, 2.24) is 4.90 Å². The van der Waals surface area contributed by atoms with Crippen molar-refractivity contribution >= 4 is 39.6 Å². The highest BCUT2D eigenvalue weighted by atomic mass is 32.1. The van der Waals surface area contributed by atoms with Gasteiger partial charge in [0.2, 0.25) is 0 Å². The standard InChI is InChI=1S/C25H30N2O4S.3C2H6/c1-15(2)22-16(3)21-17(4)26(14-20(29)31-25(5,6)7)24(30)27(23(21)32-22)13-19(28)18-11-9-8-10-12-18;3*1-2/h8-12,19,28H,1,4,13-14H2,2-3,5-7H3;3*1-2H3. The van der Waals surface area contributed by atoms with Crippen LogP contribution in [0.25, 0.3) is 11.3 Å². The van der Waals surface area contributed by atoms with Gasteiger partial charge in [-0.2, -0.15) is 0 Å². The number of carbonyl (C=O) groups excluding carboxylic acids is 2. The van der Waals surface area contributed by atoms with Crippen molar-refractivity contribution in [3.05, 3.63) is 65.1 Å². The van der Waals surface area contributed by atoms with Crippen LogP contribution in [-0.4, -0.2) is 40.7 Å². The maximum absolute atomic E-state index is 13.5. The topological polar surface area (TPSA) is 70.1 Å². The second-order valence-electron chi connectivity index (χ2n) is 8.96. The van der Waals surface area contributed by atoms with Gasteiger partial charge in [0.25, 0.3) is 0 Å². The van der Waals surface area contributed by atoms with E-state index in [4.69, 9.17) is 4.74 Å². The number of ether oxygens (including phenoxy) is 1. The number of hydrogen-bond donors (Lipinski definition) is 1. The Labute approximate surface area is 234 Å². The molecule has 1 aromatic carbocycles. The van der Waals surface area contributed by atoms with Gasteiger partial charge >= 0.3 is 12.0 Å². The second-order valence-corrected chi connectivity index (χ2v) is 9.95. The lowest BCUT2D eigenvalue weighted by Crippen LogP contribution is -2.49. The first-order chi connectivity index (χ1) is 17.9. The Bertz CT molecular complexity index is 1070. The van der Waals surface area contributed by atoms with E-state index < -0.39 is 23.7 Å². The van der Waals surface area contributed by atoms with Gasteiger partial charge in [0.05, 0.1) is 12.6 Å². The number of β-amino-alcohol motifs (C(OH)–C–C–N with tert-alkyl or cyclic N) is 1. The third kappa shape index (κ3) is 8.84. The van der Waals surface area contributed by atoms with Gasteiger partial charge in [-0.25, -0.2) is 4.79 Å². The predicted molar refractivity (Wildman–Crippen MR) is 164 cm³/mol. The van der Waals surface area contributed by atoms with Gasteiger partial charge in [0.1, 0.15) is 17.1 Å². The summed E-state index contributed by atoms with van der Waals surface area (Å²) in [5, 5.41) is 11.5. The number of allylic oxidation sites excluding steroid dienone is 1. The van der Waals surface area contributed by atoms with Crippen molar-refractivity contribution in [2.24, 2.45) is 0 Å². The number of aliphatic hydroxyl groups is 1. The molecule has 2 amide bonds. The van der Waals surface area contributed by atoms with Gasteiger partial charge in [0, 0.05) is 16.1 Å². The smallest absolute Gasteiger partial charge is 0.330 e. The van der Waals surface area contributed by atoms with Crippen LogP contribution in [0.3, 0.4) is 0 Å². The Morgan fingerprint density at radius 2 is 1.58 bits per heavy atom. The van der Waals surface area contributed by atoms with E-state index in [0.717, 1.165) is 21.6 Å². The zero-order valence-electron chi connectivity index (χ0n) is 25.3. The van der Waals surface area contributed by atoms with Crippen molar-refractivity contribution < 1.29 is 19.4 Å². The van der Waals surface area contributed by atoms with Crippen molar-refractivity contribution in [3.63, 3.8) is 0 Å². The molecule has 0 spiro atoms. The largest absolute Gasteiger partial charge is 0.459 e. The zero-order valence-corrected chi connectivity index (χ0v) is 26.1. The van der Waals surface area contributed by atoms with Gasteiger partial charge in [-0.1, -0.05) is 85.0 Å². The molecule has 2 heterocycles. The van der Waals surface area contributed by atoms with Crippen LogP contribution in [0.1, 0.15) is 96.9 Å². The lowest BCUT2D eigenvalue weighted by atomic mass is 10.0. The minimum Gasteiger partial charge on any atom is -0.459 e. The highest BCUT2D eigenvalue weighted by Gasteiger charge is 2.39. The molecule has 2 aromatic rings. The Balaban J connectivity index is 0.00000213. The van der Waals surface area contributed by atoms with Gasteiger partial charge in [0.15, 0.2) is 0 Å². The summed E-state index contributed by atoms with van der Waals surface area (Å²) in [5.74, 6) is -0.521. The van der Waals surface area contributed by atoms with Crippen LogP contribution in [0.4, 0.5) is 9.80 Å². The summed E-state index contributed by atoms with van der Waals surface area (Å²) in [6.07, 6.45) is -0.890. The molecule has 0 aliphatic carbocycles. The molecule has 1 N–H and O–H groups in total. The number of thiophene rings is 1. The molecule has 0 fully saturated rings. The minimum absolute atomic E-state index is 0.0452. The van der Waals surface area contributed by atoms with Crippen LogP contribution < -0.4 is 4.90 Å². The van der Waals surface area contributed by atoms with Crippen molar-refractivity contribution in [1.29, 1.82) is 0 Å². The molecule has 1 aliphatic heterocycles. The van der Waals surface area contributed by atoms with Crippen LogP contribution in [0.5, 0.6) is 0 Å². The summed E-state index contributed by atoms with van der Waals surface area (Å²) in [7, 11) is 0. The maximum atomic E-state index is 13.5. The molecule has 1 aliphatic rings. The lowest BCUT2D eigenvalue weighted by molar-refractivity contribution is -0.154. The molecule has 212 valence electrons. The molecule has 38 heavy (non-hydrogen) atoms. The number of anilines is 1. The average molecular weight is 545 g/mol. The Hall–Kier alpha value is -2.90. The highest BCUT2D eigenvalue weighted by Crippen LogP contribution is 2.46. The number of esters is 1. The summed E-state index contributed by atoms with van der Waals surface area (Å²) in [4.78, 5) is 29.9. The van der Waals surface area contributed by atoms with Gasteiger partial charge in [-0.3, -0.25) is 14.6 Å². The van der Waals surface area contributed by atoms with Crippen LogP contribution in [0, 0.1) is 6.92 Å². The van der Waals surface area contributed by atoms with E-state index in [9.17, 15) is 14.7 Å². The molecular weight excluding hydrogens is 496 g/mol. The van der Waals surface area contributed by atoms with Crippen molar-refractivity contribution in [2.75, 3.05) is 18.0 Å². The van der Waals surface area contributed by atoms with E-state index in [1.165, 1.54) is 21.1 Å². The predicted octanol–water partition coefficient (Wildman–Crippen LogP) is 8.46. The Morgan fingerprint density at radius 3 is 2.05 bits per heavy atom. The Morgan fingerprint density at radius 1 is 1.05 bits per heavy atom. The average Bonchev–Trinajstić information content (AvgIpc) is 3.24. The third-order valence-electron chi connectivity index (χ3n) is 5.08. The van der Waals surface area contributed by atoms with Crippen molar-refractivity contribution in [2.45, 2.75) is 87.9 Å². The zero-order chi connectivity index (χ0) is 29.8. The Kier molecular flexibility index (Phi) is 14.9.